The van der Waals surface area contributed by atoms with E-state index in [2.05, 4.69) is 38.4 Å². The summed E-state index contributed by atoms with van der Waals surface area (Å²) in [5.41, 5.74) is 2.33. The van der Waals surface area contributed by atoms with Crippen LogP contribution in [0.5, 0.6) is 0 Å². The van der Waals surface area contributed by atoms with Crippen LogP contribution in [-0.4, -0.2) is 15.0 Å². The molecule has 0 amide bonds. The normalized spacial score (nSPS) is 10.4. The van der Waals surface area contributed by atoms with Crippen LogP contribution in [0.25, 0.3) is 0 Å². The Morgan fingerprint density at radius 3 is 2.71 bits per heavy atom. The van der Waals surface area contributed by atoms with E-state index in [1.807, 2.05) is 22.9 Å². The molecule has 0 radical (unpaired) electrons. The van der Waals surface area contributed by atoms with Crippen LogP contribution in [0.4, 0.5) is 0 Å². The minimum atomic E-state index is 0.780. The monoisotopic (exact) mass is 251 g/mol. The van der Waals surface area contributed by atoms with Gasteiger partial charge in [-0.3, -0.25) is 0 Å². The van der Waals surface area contributed by atoms with Gasteiger partial charge in [-0.25, -0.2) is 4.68 Å². The Bertz CT molecular complexity index is 397. The molecule has 0 aliphatic carbocycles. The SMILES string of the molecule is BrCc1cnnn1Cc1ccccc1. The van der Waals surface area contributed by atoms with Crippen LogP contribution in [0.15, 0.2) is 36.5 Å². The van der Waals surface area contributed by atoms with E-state index < -0.39 is 0 Å². The largest absolute Gasteiger partial charge is 0.244 e. The summed E-state index contributed by atoms with van der Waals surface area (Å²) in [6.45, 7) is 0.780. The van der Waals surface area contributed by atoms with Gasteiger partial charge in [0.05, 0.1) is 18.4 Å². The number of benzene rings is 1. The molecule has 0 saturated carbocycles. The van der Waals surface area contributed by atoms with Crippen LogP contribution in [0.3, 0.4) is 0 Å². The number of hydrogen-bond acceptors (Lipinski definition) is 2. The number of alkyl halides is 1. The van der Waals surface area contributed by atoms with E-state index >= 15 is 0 Å². The van der Waals surface area contributed by atoms with Crippen LogP contribution >= 0.6 is 15.9 Å². The highest BCUT2D eigenvalue weighted by atomic mass is 79.9. The zero-order chi connectivity index (χ0) is 9.80. The molecule has 4 heteroatoms. The minimum Gasteiger partial charge on any atom is -0.244 e. The van der Waals surface area contributed by atoms with Crippen molar-refractivity contribution in [2.24, 2.45) is 0 Å². The second-order valence-corrected chi connectivity index (χ2v) is 3.56. The van der Waals surface area contributed by atoms with E-state index in [1.54, 1.807) is 6.20 Å². The van der Waals surface area contributed by atoms with E-state index in [1.165, 1.54) is 5.56 Å². The predicted molar refractivity (Wildman–Crippen MR) is 58.2 cm³/mol. The van der Waals surface area contributed by atoms with Crippen molar-refractivity contribution in [3.8, 4) is 0 Å². The minimum absolute atomic E-state index is 0.780. The molecule has 0 saturated heterocycles. The highest BCUT2D eigenvalue weighted by Gasteiger charge is 2.01. The zero-order valence-electron chi connectivity index (χ0n) is 7.60. The Morgan fingerprint density at radius 1 is 1.21 bits per heavy atom. The van der Waals surface area contributed by atoms with Crippen molar-refractivity contribution >= 4 is 15.9 Å². The number of rotatable bonds is 3. The molecule has 72 valence electrons. The molecule has 0 aliphatic rings. The third-order valence-electron chi connectivity index (χ3n) is 2.01. The summed E-state index contributed by atoms with van der Waals surface area (Å²) in [5.74, 6) is 0. The first-order chi connectivity index (χ1) is 6.90. The van der Waals surface area contributed by atoms with Gasteiger partial charge in [0.1, 0.15) is 0 Å². The van der Waals surface area contributed by atoms with Crippen LogP contribution in [0, 0.1) is 0 Å². The van der Waals surface area contributed by atoms with Gasteiger partial charge in [0.15, 0.2) is 0 Å². The molecule has 0 spiro atoms. The van der Waals surface area contributed by atoms with E-state index in [9.17, 15) is 0 Å². The average Bonchev–Trinajstić information content (AvgIpc) is 2.67. The summed E-state index contributed by atoms with van der Waals surface area (Å²) in [5, 5.41) is 8.68. The van der Waals surface area contributed by atoms with Gasteiger partial charge in [-0.2, -0.15) is 0 Å². The fourth-order valence-electron chi connectivity index (χ4n) is 1.27. The molecule has 2 rings (SSSR count). The number of halogens is 1. The lowest BCUT2D eigenvalue weighted by Gasteiger charge is -2.03. The molecular formula is C10H10BrN3. The van der Waals surface area contributed by atoms with Crippen molar-refractivity contribution < 1.29 is 0 Å². The first kappa shape index (κ1) is 9.40. The van der Waals surface area contributed by atoms with Gasteiger partial charge >= 0.3 is 0 Å². The molecule has 1 aromatic heterocycles. The first-order valence-electron chi connectivity index (χ1n) is 4.37. The van der Waals surface area contributed by atoms with Crippen molar-refractivity contribution in [2.45, 2.75) is 11.9 Å². The maximum absolute atomic E-state index is 4.02. The topological polar surface area (TPSA) is 30.7 Å². The Kier molecular flexibility index (Phi) is 2.93. The molecule has 0 atom stereocenters. The molecular weight excluding hydrogens is 242 g/mol. The molecule has 3 nitrogen and oxygen atoms in total. The van der Waals surface area contributed by atoms with Crippen LogP contribution in [-0.2, 0) is 11.9 Å². The summed E-state index contributed by atoms with van der Waals surface area (Å²) in [4.78, 5) is 0. The summed E-state index contributed by atoms with van der Waals surface area (Å²) in [6, 6.07) is 10.2. The summed E-state index contributed by atoms with van der Waals surface area (Å²) in [6.07, 6.45) is 1.78. The molecule has 0 fully saturated rings. The fourth-order valence-corrected chi connectivity index (χ4v) is 1.71. The lowest BCUT2D eigenvalue weighted by atomic mass is 10.2. The highest BCUT2D eigenvalue weighted by Crippen LogP contribution is 2.06. The van der Waals surface area contributed by atoms with E-state index in [0.29, 0.717) is 0 Å². The third kappa shape index (κ3) is 2.01. The van der Waals surface area contributed by atoms with Gasteiger partial charge in [0, 0.05) is 5.33 Å². The van der Waals surface area contributed by atoms with Gasteiger partial charge in [0.2, 0.25) is 0 Å². The lowest BCUT2D eigenvalue weighted by molar-refractivity contribution is 0.632. The highest BCUT2D eigenvalue weighted by molar-refractivity contribution is 9.08. The van der Waals surface area contributed by atoms with Gasteiger partial charge in [0.25, 0.3) is 0 Å². The summed E-state index contributed by atoms with van der Waals surface area (Å²) < 4.78 is 1.89. The van der Waals surface area contributed by atoms with Crippen LogP contribution < -0.4 is 0 Å². The number of aromatic nitrogens is 3. The molecule has 0 unspecified atom stereocenters. The van der Waals surface area contributed by atoms with Crippen molar-refractivity contribution in [1.29, 1.82) is 0 Å². The zero-order valence-corrected chi connectivity index (χ0v) is 9.18. The van der Waals surface area contributed by atoms with Crippen LogP contribution in [0.2, 0.25) is 0 Å². The van der Waals surface area contributed by atoms with Crippen molar-refractivity contribution in [1.82, 2.24) is 15.0 Å². The van der Waals surface area contributed by atoms with E-state index in [-0.39, 0.29) is 0 Å². The van der Waals surface area contributed by atoms with Gasteiger partial charge < -0.3 is 0 Å². The predicted octanol–water partition coefficient (Wildman–Crippen LogP) is 2.22. The van der Waals surface area contributed by atoms with Crippen molar-refractivity contribution in [2.75, 3.05) is 0 Å². The lowest BCUT2D eigenvalue weighted by Crippen LogP contribution is -2.04. The maximum atomic E-state index is 4.02. The molecule has 1 heterocycles. The van der Waals surface area contributed by atoms with Gasteiger partial charge in [-0.05, 0) is 5.56 Å². The Morgan fingerprint density at radius 2 is 2.00 bits per heavy atom. The summed E-state index contributed by atoms with van der Waals surface area (Å²) in [7, 11) is 0. The summed E-state index contributed by atoms with van der Waals surface area (Å²) >= 11 is 3.40. The van der Waals surface area contributed by atoms with Crippen molar-refractivity contribution in [3.63, 3.8) is 0 Å². The molecule has 0 aliphatic heterocycles. The van der Waals surface area contributed by atoms with Crippen molar-refractivity contribution in [3.05, 3.63) is 47.8 Å². The van der Waals surface area contributed by atoms with E-state index in [4.69, 9.17) is 0 Å². The second-order valence-electron chi connectivity index (χ2n) is 3.00. The standard InChI is InChI=1S/C10H10BrN3/c11-6-10-7-12-13-14(10)8-9-4-2-1-3-5-9/h1-5,7H,6,8H2. The molecule has 2 aromatic rings. The van der Waals surface area contributed by atoms with Crippen LogP contribution in [0.1, 0.15) is 11.3 Å². The Labute approximate surface area is 90.9 Å². The number of nitrogens with zero attached hydrogens (tertiary/aromatic N) is 3. The Hall–Kier alpha value is -1.16. The first-order valence-corrected chi connectivity index (χ1v) is 5.49. The fraction of sp³-hybridized carbons (Fsp3) is 0.200. The maximum Gasteiger partial charge on any atom is 0.0734 e. The average molecular weight is 252 g/mol. The smallest absolute Gasteiger partial charge is 0.0734 e. The molecule has 14 heavy (non-hydrogen) atoms. The third-order valence-corrected chi connectivity index (χ3v) is 2.58. The molecule has 0 bridgehead atoms. The second kappa shape index (κ2) is 4.37. The van der Waals surface area contributed by atoms with E-state index in [0.717, 1.165) is 17.6 Å². The van der Waals surface area contributed by atoms with Gasteiger partial charge in [-0.15, -0.1) is 5.10 Å². The molecule has 1 aromatic carbocycles. The Balaban J connectivity index is 2.19. The molecule has 0 N–H and O–H groups in total. The van der Waals surface area contributed by atoms with Gasteiger partial charge in [-0.1, -0.05) is 51.5 Å². The number of hydrogen-bond donors (Lipinski definition) is 0. The quantitative estimate of drug-likeness (QED) is 0.784.